The highest BCUT2D eigenvalue weighted by atomic mass is 16.6. The maximum Gasteiger partial charge on any atom is 0.410 e. The number of nitrogens with zero attached hydrogens (tertiary/aromatic N) is 1. The molecular weight excluding hydrogens is 266 g/mol. The summed E-state index contributed by atoms with van der Waals surface area (Å²) in [7, 11) is 1.67. The number of carbonyl (C=O) groups is 1. The molecule has 0 spiro atoms. The number of piperidine rings is 1. The van der Waals surface area contributed by atoms with Crippen molar-refractivity contribution < 1.29 is 14.3 Å². The van der Waals surface area contributed by atoms with E-state index in [0.717, 1.165) is 31.7 Å². The van der Waals surface area contributed by atoms with Crippen LogP contribution in [0.25, 0.3) is 0 Å². The molecule has 0 saturated carbocycles. The van der Waals surface area contributed by atoms with Crippen molar-refractivity contribution in [1.29, 1.82) is 0 Å². The van der Waals surface area contributed by atoms with Crippen molar-refractivity contribution in [1.82, 2.24) is 4.90 Å². The highest BCUT2D eigenvalue weighted by molar-refractivity contribution is 5.68. The minimum Gasteiger partial charge on any atom is -0.497 e. The molecule has 21 heavy (non-hydrogen) atoms. The predicted molar refractivity (Wildman–Crippen MR) is 82.8 cm³/mol. The van der Waals surface area contributed by atoms with Crippen LogP contribution in [0.2, 0.25) is 0 Å². The Balaban J connectivity index is 2.01. The minimum absolute atomic E-state index is 0.208. The average Bonchev–Trinajstić information content (AvgIpc) is 2.46. The fourth-order valence-corrected chi connectivity index (χ4v) is 2.62. The van der Waals surface area contributed by atoms with E-state index in [9.17, 15) is 4.79 Å². The highest BCUT2D eigenvalue weighted by Crippen LogP contribution is 2.29. The van der Waals surface area contributed by atoms with Crippen molar-refractivity contribution in [3.05, 3.63) is 29.8 Å². The first-order valence-corrected chi connectivity index (χ1v) is 7.51. The van der Waals surface area contributed by atoms with Crippen molar-refractivity contribution in [2.45, 2.75) is 45.1 Å². The molecule has 0 aliphatic carbocycles. The second-order valence-corrected chi connectivity index (χ2v) is 6.54. The van der Waals surface area contributed by atoms with Crippen LogP contribution in [0.3, 0.4) is 0 Å². The summed E-state index contributed by atoms with van der Waals surface area (Å²) in [5.41, 5.74) is 0.813. The molecule has 4 heteroatoms. The van der Waals surface area contributed by atoms with Gasteiger partial charge >= 0.3 is 6.09 Å². The first-order chi connectivity index (χ1) is 9.89. The molecule has 1 aliphatic rings. The fraction of sp³-hybridized carbons (Fsp3) is 0.588. The van der Waals surface area contributed by atoms with Gasteiger partial charge in [0.05, 0.1) is 7.11 Å². The Morgan fingerprint density at radius 2 is 1.90 bits per heavy atom. The van der Waals surface area contributed by atoms with E-state index in [0.29, 0.717) is 5.92 Å². The molecule has 116 valence electrons. The van der Waals surface area contributed by atoms with Crippen LogP contribution in [-0.2, 0) is 4.74 Å². The fourth-order valence-electron chi connectivity index (χ4n) is 2.62. The molecule has 1 aromatic rings. The number of hydrogen-bond donors (Lipinski definition) is 0. The number of likely N-dealkylation sites (tertiary alicyclic amines) is 1. The zero-order valence-electron chi connectivity index (χ0n) is 13.4. The van der Waals surface area contributed by atoms with Gasteiger partial charge in [0, 0.05) is 19.0 Å². The number of benzene rings is 1. The summed E-state index contributed by atoms with van der Waals surface area (Å²) in [6.07, 6.45) is 1.90. The summed E-state index contributed by atoms with van der Waals surface area (Å²) < 4.78 is 10.7. The van der Waals surface area contributed by atoms with Crippen LogP contribution in [0.4, 0.5) is 4.79 Å². The van der Waals surface area contributed by atoms with E-state index in [1.165, 1.54) is 5.56 Å². The molecule has 0 N–H and O–H groups in total. The Hall–Kier alpha value is -1.71. The number of amides is 1. The van der Waals surface area contributed by atoms with Gasteiger partial charge in [-0.25, -0.2) is 4.79 Å². The summed E-state index contributed by atoms with van der Waals surface area (Å²) in [5.74, 6) is 1.23. The largest absolute Gasteiger partial charge is 0.497 e. The lowest BCUT2D eigenvalue weighted by atomic mass is 9.91. The molecule has 0 aromatic heterocycles. The molecule has 1 atom stereocenters. The van der Waals surface area contributed by atoms with Crippen molar-refractivity contribution in [3.63, 3.8) is 0 Å². The van der Waals surface area contributed by atoms with E-state index in [2.05, 4.69) is 12.1 Å². The van der Waals surface area contributed by atoms with Crippen LogP contribution in [0.5, 0.6) is 5.75 Å². The Morgan fingerprint density at radius 1 is 1.24 bits per heavy atom. The van der Waals surface area contributed by atoms with Crippen molar-refractivity contribution >= 4 is 6.09 Å². The van der Waals surface area contributed by atoms with E-state index in [1.807, 2.05) is 37.8 Å². The average molecular weight is 291 g/mol. The standard InChI is InChI=1S/C17H25NO3/c1-17(2,3)21-16(19)18-11-5-6-14(12-18)13-7-9-15(20-4)10-8-13/h7-10,14H,5-6,11-12H2,1-4H3. The number of rotatable bonds is 2. The zero-order valence-corrected chi connectivity index (χ0v) is 13.4. The lowest BCUT2D eigenvalue weighted by Gasteiger charge is -2.34. The van der Waals surface area contributed by atoms with E-state index in [1.54, 1.807) is 7.11 Å². The first-order valence-electron chi connectivity index (χ1n) is 7.51. The quantitative estimate of drug-likeness (QED) is 0.831. The smallest absolute Gasteiger partial charge is 0.410 e. The van der Waals surface area contributed by atoms with Gasteiger partial charge in [0.2, 0.25) is 0 Å². The third-order valence-electron chi connectivity index (χ3n) is 3.66. The first kappa shape index (κ1) is 15.7. The second-order valence-electron chi connectivity index (χ2n) is 6.54. The Morgan fingerprint density at radius 3 is 2.48 bits per heavy atom. The maximum absolute atomic E-state index is 12.2. The summed E-state index contributed by atoms with van der Waals surface area (Å²) in [6, 6.07) is 8.12. The molecule has 1 heterocycles. The zero-order chi connectivity index (χ0) is 15.5. The molecule has 1 unspecified atom stereocenters. The normalized spacial score (nSPS) is 19.2. The summed E-state index contributed by atoms with van der Waals surface area (Å²) >= 11 is 0. The Bertz CT molecular complexity index is 476. The molecule has 1 amide bonds. The van der Waals surface area contributed by atoms with Crippen LogP contribution in [-0.4, -0.2) is 36.8 Å². The molecular formula is C17H25NO3. The van der Waals surface area contributed by atoms with E-state index >= 15 is 0 Å². The highest BCUT2D eigenvalue weighted by Gasteiger charge is 2.28. The monoisotopic (exact) mass is 291 g/mol. The van der Waals surface area contributed by atoms with Gasteiger partial charge in [-0.3, -0.25) is 0 Å². The van der Waals surface area contributed by atoms with Gasteiger partial charge in [0.1, 0.15) is 11.4 Å². The Kier molecular flexibility index (Phi) is 4.76. The van der Waals surface area contributed by atoms with Crippen molar-refractivity contribution in [3.8, 4) is 5.75 Å². The number of ether oxygens (including phenoxy) is 2. The van der Waals surface area contributed by atoms with E-state index < -0.39 is 5.60 Å². The predicted octanol–water partition coefficient (Wildman–Crippen LogP) is 3.81. The molecule has 0 radical (unpaired) electrons. The van der Waals surface area contributed by atoms with Gasteiger partial charge in [0.25, 0.3) is 0 Å². The minimum atomic E-state index is -0.440. The van der Waals surface area contributed by atoms with Crippen LogP contribution < -0.4 is 4.74 Å². The van der Waals surface area contributed by atoms with Crippen LogP contribution in [0.1, 0.15) is 45.1 Å². The van der Waals surface area contributed by atoms with E-state index in [4.69, 9.17) is 9.47 Å². The lowest BCUT2D eigenvalue weighted by molar-refractivity contribution is 0.0198. The molecule has 1 fully saturated rings. The van der Waals surface area contributed by atoms with Crippen molar-refractivity contribution in [2.24, 2.45) is 0 Å². The topological polar surface area (TPSA) is 38.8 Å². The molecule has 2 rings (SSSR count). The van der Waals surface area contributed by atoms with Crippen LogP contribution in [0.15, 0.2) is 24.3 Å². The van der Waals surface area contributed by atoms with Gasteiger partial charge in [-0.15, -0.1) is 0 Å². The lowest BCUT2D eigenvalue weighted by Crippen LogP contribution is -2.42. The molecule has 0 bridgehead atoms. The number of methoxy groups -OCH3 is 1. The maximum atomic E-state index is 12.2. The van der Waals surface area contributed by atoms with Crippen LogP contribution in [0, 0.1) is 0 Å². The third-order valence-corrected chi connectivity index (χ3v) is 3.66. The summed E-state index contributed by atoms with van der Waals surface area (Å²) in [5, 5.41) is 0. The third kappa shape index (κ3) is 4.38. The summed E-state index contributed by atoms with van der Waals surface area (Å²) in [6.45, 7) is 7.20. The molecule has 4 nitrogen and oxygen atoms in total. The second kappa shape index (κ2) is 6.37. The van der Waals surface area contributed by atoms with E-state index in [-0.39, 0.29) is 6.09 Å². The van der Waals surface area contributed by atoms with Gasteiger partial charge in [0.15, 0.2) is 0 Å². The summed E-state index contributed by atoms with van der Waals surface area (Å²) in [4.78, 5) is 14.0. The van der Waals surface area contributed by atoms with Gasteiger partial charge < -0.3 is 14.4 Å². The number of carbonyl (C=O) groups excluding carboxylic acids is 1. The van der Waals surface area contributed by atoms with Gasteiger partial charge in [-0.05, 0) is 51.3 Å². The SMILES string of the molecule is COc1ccc(C2CCCN(C(=O)OC(C)(C)C)C2)cc1. The van der Waals surface area contributed by atoms with Crippen molar-refractivity contribution in [2.75, 3.05) is 20.2 Å². The molecule has 1 aromatic carbocycles. The number of hydrogen-bond acceptors (Lipinski definition) is 3. The molecule has 1 aliphatic heterocycles. The van der Waals surface area contributed by atoms with Gasteiger partial charge in [-0.1, -0.05) is 12.1 Å². The van der Waals surface area contributed by atoms with Gasteiger partial charge in [-0.2, -0.15) is 0 Å². The Labute approximate surface area is 127 Å². The van der Waals surface area contributed by atoms with Crippen LogP contribution >= 0.6 is 0 Å². The molecule has 1 saturated heterocycles.